The van der Waals surface area contributed by atoms with Crippen molar-refractivity contribution < 1.29 is 30.7 Å². The SMILES string of the molecule is Fc1cc(-c2ccc(C(F)(F)F)cc2)ncc1-c1ccc(C(F)(F)F)cc1. The number of pyridine rings is 1. The van der Waals surface area contributed by atoms with Crippen molar-refractivity contribution in [1.82, 2.24) is 4.98 Å². The van der Waals surface area contributed by atoms with E-state index in [-0.39, 0.29) is 22.4 Å². The third-order valence-electron chi connectivity index (χ3n) is 3.88. The molecular weight excluding hydrogens is 375 g/mol. The summed E-state index contributed by atoms with van der Waals surface area (Å²) in [4.78, 5) is 4.01. The summed E-state index contributed by atoms with van der Waals surface area (Å²) in [5, 5.41) is 0. The molecule has 27 heavy (non-hydrogen) atoms. The number of rotatable bonds is 2. The van der Waals surface area contributed by atoms with E-state index in [2.05, 4.69) is 4.98 Å². The van der Waals surface area contributed by atoms with Gasteiger partial charge < -0.3 is 0 Å². The van der Waals surface area contributed by atoms with E-state index < -0.39 is 29.3 Å². The van der Waals surface area contributed by atoms with Crippen molar-refractivity contribution in [3.05, 3.63) is 77.7 Å². The topological polar surface area (TPSA) is 12.9 Å². The van der Waals surface area contributed by atoms with E-state index in [0.29, 0.717) is 0 Å². The van der Waals surface area contributed by atoms with Gasteiger partial charge in [0.2, 0.25) is 0 Å². The molecule has 140 valence electrons. The highest BCUT2D eigenvalue weighted by molar-refractivity contribution is 5.68. The molecular formula is C19H10F7N. The number of halogens is 7. The standard InChI is InChI=1S/C19H10F7N/c20-16-9-17(12-3-7-14(8-4-12)19(24,25)26)27-10-15(16)11-1-5-13(6-2-11)18(21,22)23/h1-10H. The Kier molecular flexibility index (Phi) is 4.67. The van der Waals surface area contributed by atoms with E-state index in [0.717, 1.165) is 48.7 Å². The molecule has 3 aromatic rings. The van der Waals surface area contributed by atoms with Crippen LogP contribution in [-0.2, 0) is 12.4 Å². The number of alkyl halides is 6. The fourth-order valence-electron chi connectivity index (χ4n) is 2.47. The van der Waals surface area contributed by atoms with Gasteiger partial charge >= 0.3 is 12.4 Å². The Labute approximate surface area is 149 Å². The smallest absolute Gasteiger partial charge is 0.255 e. The zero-order valence-corrected chi connectivity index (χ0v) is 13.4. The number of hydrogen-bond acceptors (Lipinski definition) is 1. The van der Waals surface area contributed by atoms with E-state index >= 15 is 0 Å². The van der Waals surface area contributed by atoms with Crippen LogP contribution in [0, 0.1) is 5.82 Å². The van der Waals surface area contributed by atoms with Gasteiger partial charge in [-0.3, -0.25) is 4.98 Å². The second-order valence-corrected chi connectivity index (χ2v) is 5.70. The quantitative estimate of drug-likeness (QED) is 0.454. The van der Waals surface area contributed by atoms with Gasteiger partial charge in [-0.05, 0) is 29.8 Å². The van der Waals surface area contributed by atoms with E-state index in [1.807, 2.05) is 0 Å². The predicted molar refractivity (Wildman–Crippen MR) is 85.1 cm³/mol. The van der Waals surface area contributed by atoms with E-state index in [9.17, 15) is 30.7 Å². The lowest BCUT2D eigenvalue weighted by atomic mass is 10.0. The molecule has 0 radical (unpaired) electrons. The van der Waals surface area contributed by atoms with E-state index in [1.165, 1.54) is 12.1 Å². The zero-order chi connectivity index (χ0) is 19.8. The van der Waals surface area contributed by atoms with Crippen molar-refractivity contribution in [2.45, 2.75) is 12.4 Å². The van der Waals surface area contributed by atoms with Crippen LogP contribution < -0.4 is 0 Å². The maximum atomic E-state index is 14.4. The van der Waals surface area contributed by atoms with Gasteiger partial charge in [0, 0.05) is 23.4 Å². The first-order valence-corrected chi connectivity index (χ1v) is 7.56. The first kappa shape index (κ1) is 18.9. The highest BCUT2D eigenvalue weighted by atomic mass is 19.4. The Hall–Kier alpha value is -2.90. The van der Waals surface area contributed by atoms with E-state index in [4.69, 9.17) is 0 Å². The second-order valence-electron chi connectivity index (χ2n) is 5.70. The fraction of sp³-hybridized carbons (Fsp3) is 0.105. The second kappa shape index (κ2) is 6.68. The molecule has 0 atom stereocenters. The summed E-state index contributed by atoms with van der Waals surface area (Å²) in [5.74, 6) is -0.750. The molecule has 1 heterocycles. The largest absolute Gasteiger partial charge is 0.416 e. The van der Waals surface area contributed by atoms with Crippen LogP contribution in [0.3, 0.4) is 0 Å². The summed E-state index contributed by atoms with van der Waals surface area (Å²) in [7, 11) is 0. The third kappa shape index (κ3) is 4.10. The maximum absolute atomic E-state index is 14.4. The van der Waals surface area contributed by atoms with Gasteiger partial charge in [0.05, 0.1) is 16.8 Å². The van der Waals surface area contributed by atoms with Gasteiger partial charge in [-0.2, -0.15) is 26.3 Å². The molecule has 0 amide bonds. The van der Waals surface area contributed by atoms with Crippen LogP contribution in [0.5, 0.6) is 0 Å². The Morgan fingerprint density at radius 2 is 1.07 bits per heavy atom. The summed E-state index contributed by atoms with van der Waals surface area (Å²) < 4.78 is 89.9. The Morgan fingerprint density at radius 3 is 1.48 bits per heavy atom. The number of hydrogen-bond donors (Lipinski definition) is 0. The third-order valence-corrected chi connectivity index (χ3v) is 3.88. The molecule has 8 heteroatoms. The lowest BCUT2D eigenvalue weighted by Gasteiger charge is -2.10. The van der Waals surface area contributed by atoms with Gasteiger partial charge in [0.1, 0.15) is 5.82 Å². The van der Waals surface area contributed by atoms with Gasteiger partial charge in [-0.15, -0.1) is 0 Å². The fourth-order valence-corrected chi connectivity index (χ4v) is 2.47. The van der Waals surface area contributed by atoms with E-state index in [1.54, 1.807) is 0 Å². The monoisotopic (exact) mass is 385 g/mol. The molecule has 0 aliphatic heterocycles. The van der Waals surface area contributed by atoms with Crippen LogP contribution >= 0.6 is 0 Å². The minimum atomic E-state index is -4.50. The van der Waals surface area contributed by atoms with Crippen molar-refractivity contribution in [3.8, 4) is 22.4 Å². The molecule has 0 fully saturated rings. The molecule has 2 aromatic carbocycles. The first-order chi connectivity index (χ1) is 12.6. The molecule has 1 nitrogen and oxygen atoms in total. The van der Waals surface area contributed by atoms with Crippen LogP contribution in [-0.4, -0.2) is 4.98 Å². The van der Waals surface area contributed by atoms with Crippen molar-refractivity contribution in [2.24, 2.45) is 0 Å². The zero-order valence-electron chi connectivity index (χ0n) is 13.4. The molecule has 0 N–H and O–H groups in total. The van der Waals surface area contributed by atoms with Crippen LogP contribution in [0.15, 0.2) is 60.8 Å². The van der Waals surface area contributed by atoms with Gasteiger partial charge in [-0.1, -0.05) is 24.3 Å². The van der Waals surface area contributed by atoms with Crippen molar-refractivity contribution in [1.29, 1.82) is 0 Å². The minimum absolute atomic E-state index is 0.0145. The molecule has 0 aliphatic rings. The van der Waals surface area contributed by atoms with Crippen LogP contribution in [0.4, 0.5) is 30.7 Å². The van der Waals surface area contributed by atoms with Crippen LogP contribution in [0.1, 0.15) is 11.1 Å². The van der Waals surface area contributed by atoms with Crippen molar-refractivity contribution in [2.75, 3.05) is 0 Å². The van der Waals surface area contributed by atoms with Gasteiger partial charge in [-0.25, -0.2) is 4.39 Å². The number of aromatic nitrogens is 1. The molecule has 0 saturated carbocycles. The Morgan fingerprint density at radius 1 is 0.630 bits per heavy atom. The minimum Gasteiger partial charge on any atom is -0.255 e. The highest BCUT2D eigenvalue weighted by Crippen LogP contribution is 2.33. The van der Waals surface area contributed by atoms with Crippen LogP contribution in [0.25, 0.3) is 22.4 Å². The van der Waals surface area contributed by atoms with Crippen molar-refractivity contribution in [3.63, 3.8) is 0 Å². The maximum Gasteiger partial charge on any atom is 0.416 e. The highest BCUT2D eigenvalue weighted by Gasteiger charge is 2.31. The summed E-state index contributed by atoms with van der Waals surface area (Å²) in [6, 6.07) is 9.00. The van der Waals surface area contributed by atoms with Crippen LogP contribution in [0.2, 0.25) is 0 Å². The molecule has 0 aliphatic carbocycles. The molecule has 3 rings (SSSR count). The first-order valence-electron chi connectivity index (χ1n) is 7.56. The summed E-state index contributed by atoms with van der Waals surface area (Å²) in [6.07, 6.45) is -7.85. The summed E-state index contributed by atoms with van der Waals surface area (Å²) in [6.45, 7) is 0. The van der Waals surface area contributed by atoms with Gasteiger partial charge in [0.25, 0.3) is 0 Å². The molecule has 0 bridgehead atoms. The average molecular weight is 385 g/mol. The molecule has 1 aromatic heterocycles. The summed E-state index contributed by atoms with van der Waals surface area (Å²) in [5.41, 5.74) is -1.13. The van der Waals surface area contributed by atoms with Crippen molar-refractivity contribution >= 4 is 0 Å². The number of benzene rings is 2. The number of nitrogens with zero attached hydrogens (tertiary/aromatic N) is 1. The molecule has 0 saturated heterocycles. The van der Waals surface area contributed by atoms with Gasteiger partial charge in [0.15, 0.2) is 0 Å². The molecule has 0 unspecified atom stereocenters. The lowest BCUT2D eigenvalue weighted by Crippen LogP contribution is -2.04. The Balaban J connectivity index is 1.90. The molecule has 0 spiro atoms. The summed E-state index contributed by atoms with van der Waals surface area (Å²) >= 11 is 0. The lowest BCUT2D eigenvalue weighted by molar-refractivity contribution is -0.138. The normalized spacial score (nSPS) is 12.3. The average Bonchev–Trinajstić information content (AvgIpc) is 2.60. The Bertz CT molecular complexity index is 940. The predicted octanol–water partition coefficient (Wildman–Crippen LogP) is 6.59.